The predicted octanol–water partition coefficient (Wildman–Crippen LogP) is 1.63. The number of aliphatic hydroxyl groups is 8. The fourth-order valence-electron chi connectivity index (χ4n) is 12.7. The van der Waals surface area contributed by atoms with Gasteiger partial charge in [0.15, 0.2) is 18.9 Å². The number of fused-ring (bicyclic) bond motifs is 5. The van der Waals surface area contributed by atoms with E-state index >= 15 is 0 Å². The number of hydrogen-bond acceptors (Lipinski definition) is 17. The molecular formula is C45H74O18S. The highest BCUT2D eigenvalue weighted by atomic mass is 32.3. The summed E-state index contributed by atoms with van der Waals surface area (Å²) in [7, 11) is -4.78. The van der Waals surface area contributed by atoms with Crippen molar-refractivity contribution in [1.82, 2.24) is 0 Å². The van der Waals surface area contributed by atoms with Crippen LogP contribution in [0.4, 0.5) is 0 Å². The van der Waals surface area contributed by atoms with Crippen LogP contribution in [0.2, 0.25) is 0 Å². The average molecular weight is 935 g/mol. The summed E-state index contributed by atoms with van der Waals surface area (Å²) in [5.74, 6) is 0.136. The van der Waals surface area contributed by atoms with Gasteiger partial charge in [-0.1, -0.05) is 51.5 Å². The summed E-state index contributed by atoms with van der Waals surface area (Å²) >= 11 is 0. The van der Waals surface area contributed by atoms with Crippen molar-refractivity contribution in [1.29, 1.82) is 0 Å². The van der Waals surface area contributed by atoms with E-state index < -0.39 is 126 Å². The molecule has 4 aliphatic carbocycles. The third-order valence-corrected chi connectivity index (χ3v) is 17.2. The normalized spacial score (nSPS) is 49.6. The molecule has 0 radical (unpaired) electrons. The summed E-state index contributed by atoms with van der Waals surface area (Å²) in [6, 6.07) is 0. The van der Waals surface area contributed by atoms with E-state index in [0.717, 1.165) is 31.3 Å². The van der Waals surface area contributed by atoms with Crippen molar-refractivity contribution in [3.8, 4) is 0 Å². The van der Waals surface area contributed by atoms with E-state index in [4.69, 9.17) is 32.6 Å². The summed E-state index contributed by atoms with van der Waals surface area (Å²) in [4.78, 5) is 0. The maximum absolute atomic E-state index is 12.1. The Balaban J connectivity index is 1.14. The molecule has 7 aliphatic rings. The number of allylic oxidation sites excluding steroid dienone is 3. The van der Waals surface area contributed by atoms with Gasteiger partial charge in [0.1, 0.15) is 54.9 Å². The number of aliphatic hydroxyl groups excluding tert-OH is 7. The second-order valence-electron chi connectivity index (χ2n) is 21.1. The van der Waals surface area contributed by atoms with Crippen molar-refractivity contribution in [2.45, 2.75) is 210 Å². The van der Waals surface area contributed by atoms with Gasteiger partial charge in [0.2, 0.25) is 0 Å². The van der Waals surface area contributed by atoms with E-state index in [1.165, 1.54) is 12.5 Å². The van der Waals surface area contributed by atoms with Gasteiger partial charge in [-0.2, -0.15) is 8.42 Å². The molecule has 64 heavy (non-hydrogen) atoms. The molecular weight excluding hydrogens is 861 g/mol. The van der Waals surface area contributed by atoms with E-state index in [2.05, 4.69) is 40.3 Å². The molecule has 7 rings (SSSR count). The zero-order valence-electron chi connectivity index (χ0n) is 38.1. The predicted molar refractivity (Wildman–Crippen MR) is 226 cm³/mol. The van der Waals surface area contributed by atoms with Gasteiger partial charge in [-0.15, -0.1) is 0 Å². The molecule has 368 valence electrons. The van der Waals surface area contributed by atoms with E-state index in [9.17, 15) is 53.8 Å². The van der Waals surface area contributed by atoms with Gasteiger partial charge < -0.3 is 69.3 Å². The molecule has 0 aromatic carbocycles. The fourth-order valence-corrected chi connectivity index (χ4v) is 13.2. The Kier molecular flexibility index (Phi) is 15.0. The van der Waals surface area contributed by atoms with Gasteiger partial charge in [-0.3, -0.25) is 4.55 Å². The third-order valence-electron chi connectivity index (χ3n) is 16.7. The molecule has 0 spiro atoms. The van der Waals surface area contributed by atoms with Gasteiger partial charge in [-0.05, 0) is 119 Å². The molecule has 18 nitrogen and oxygen atoms in total. The summed E-state index contributed by atoms with van der Waals surface area (Å²) in [6.07, 6.45) is -14.7. The molecule has 0 bridgehead atoms. The molecule has 0 amide bonds. The highest BCUT2D eigenvalue weighted by molar-refractivity contribution is 7.80. The Morgan fingerprint density at radius 3 is 2.14 bits per heavy atom. The number of rotatable bonds is 13. The van der Waals surface area contributed by atoms with Gasteiger partial charge in [0.25, 0.3) is 0 Å². The smallest absolute Gasteiger partial charge is 0.390 e. The third kappa shape index (κ3) is 9.69. The molecule has 23 atom stereocenters. The number of hydrogen-bond donors (Lipinski definition) is 9. The van der Waals surface area contributed by atoms with Crippen LogP contribution in [0.25, 0.3) is 0 Å². The van der Waals surface area contributed by atoms with Crippen molar-refractivity contribution in [3.63, 3.8) is 0 Å². The van der Waals surface area contributed by atoms with Crippen LogP contribution in [0.1, 0.15) is 106 Å². The Morgan fingerprint density at radius 2 is 1.48 bits per heavy atom. The van der Waals surface area contributed by atoms with Crippen LogP contribution in [-0.4, -0.2) is 164 Å². The van der Waals surface area contributed by atoms with E-state index in [-0.39, 0.29) is 35.5 Å². The van der Waals surface area contributed by atoms with Gasteiger partial charge in [-0.25, -0.2) is 4.18 Å². The minimum Gasteiger partial charge on any atom is -0.390 e. The largest absolute Gasteiger partial charge is 0.397 e. The Hall–Kier alpha value is -1.21. The lowest BCUT2D eigenvalue weighted by Gasteiger charge is -2.60. The minimum absolute atomic E-state index is 0.00688. The summed E-state index contributed by atoms with van der Waals surface area (Å²) in [5, 5.41) is 88.5. The molecule has 3 saturated heterocycles. The van der Waals surface area contributed by atoms with E-state index in [1.807, 2.05) is 6.92 Å². The monoisotopic (exact) mass is 934 g/mol. The van der Waals surface area contributed by atoms with Crippen molar-refractivity contribution >= 4 is 10.4 Å². The summed E-state index contributed by atoms with van der Waals surface area (Å²) in [6.45, 7) is 17.4. The second kappa shape index (κ2) is 18.9. The van der Waals surface area contributed by atoms with E-state index in [1.54, 1.807) is 6.92 Å². The Bertz CT molecular complexity index is 1790. The average Bonchev–Trinajstić information content (AvgIpc) is 3.59. The van der Waals surface area contributed by atoms with Gasteiger partial charge in [0, 0.05) is 0 Å². The minimum atomic E-state index is -4.78. The zero-order chi connectivity index (χ0) is 47.0. The number of ether oxygens (including phenoxy) is 6. The van der Waals surface area contributed by atoms with Crippen molar-refractivity contribution in [2.75, 3.05) is 6.61 Å². The van der Waals surface area contributed by atoms with E-state index in [0.29, 0.717) is 31.6 Å². The molecule has 6 fully saturated rings. The Labute approximate surface area is 376 Å². The van der Waals surface area contributed by atoms with Crippen LogP contribution in [0.5, 0.6) is 0 Å². The highest BCUT2D eigenvalue weighted by Crippen LogP contribution is 2.67. The zero-order valence-corrected chi connectivity index (χ0v) is 38.9. The van der Waals surface area contributed by atoms with Crippen LogP contribution in [-0.2, 0) is 43.0 Å². The van der Waals surface area contributed by atoms with Gasteiger partial charge >= 0.3 is 10.4 Å². The van der Waals surface area contributed by atoms with Crippen molar-refractivity contribution in [3.05, 3.63) is 23.8 Å². The standard InChI is InChI=1S/C45H74O18S/c1-20(2)21(3)11-16-45(8,53)31-10-9-26-25-18-30(28-17-24(63-64(54,55)56)12-14-43(28,6)27(25)13-15-44(26,31)7)60-41-37(52)38(33(48)23(5)59-41)61-42-39(34(49)29(46)19-57-42)62-40-36(51)35(50)32(47)22(4)58-40/h13,20,22-26,28-42,46-53H,3,9-12,14-19H2,1-2,4-8H3,(H,54,55,56)/t22-,23-,24+,25+,26+,28-,29-,30+,31+,32-,33-,34+,35+,36-,37-,38+,39-,40+,41+,42+,43-,44+,45+/m1/s1. The van der Waals surface area contributed by atoms with Crippen molar-refractivity contribution in [2.24, 2.45) is 40.4 Å². The quantitative estimate of drug-likeness (QED) is 0.0938. The first-order chi connectivity index (χ1) is 29.8. The molecule has 0 aromatic heterocycles. The maximum atomic E-state index is 12.1. The topological polar surface area (TPSA) is 281 Å². The summed E-state index contributed by atoms with van der Waals surface area (Å²) in [5.41, 5.74) is 0.674. The van der Waals surface area contributed by atoms with Crippen LogP contribution in [0, 0.1) is 40.4 Å². The molecule has 0 aromatic rings. The van der Waals surface area contributed by atoms with Crippen LogP contribution in [0.3, 0.4) is 0 Å². The highest BCUT2D eigenvalue weighted by Gasteiger charge is 2.63. The van der Waals surface area contributed by atoms with Crippen LogP contribution < -0.4 is 0 Å². The molecule has 19 heteroatoms. The molecule has 9 N–H and O–H groups in total. The molecule has 3 heterocycles. The maximum Gasteiger partial charge on any atom is 0.397 e. The Morgan fingerprint density at radius 1 is 0.844 bits per heavy atom. The van der Waals surface area contributed by atoms with Crippen LogP contribution >= 0.6 is 0 Å². The lowest BCUT2D eigenvalue weighted by atomic mass is 9.47. The molecule has 3 saturated carbocycles. The van der Waals surface area contributed by atoms with Gasteiger partial charge in [0.05, 0.1) is 36.6 Å². The second-order valence-corrected chi connectivity index (χ2v) is 22.1. The lowest BCUT2D eigenvalue weighted by molar-refractivity contribution is -0.379. The van der Waals surface area contributed by atoms with Crippen molar-refractivity contribution < 1.29 is 86.4 Å². The molecule has 0 unspecified atom stereocenters. The first-order valence-corrected chi connectivity index (χ1v) is 24.6. The summed E-state index contributed by atoms with van der Waals surface area (Å²) < 4.78 is 75.2. The molecule has 3 aliphatic heterocycles. The fraction of sp³-hybridized carbons (Fsp3) is 0.911. The lowest BCUT2D eigenvalue weighted by Crippen LogP contribution is -2.65. The first kappa shape index (κ1) is 50.7. The first-order valence-electron chi connectivity index (χ1n) is 23.2. The van der Waals surface area contributed by atoms with Crippen LogP contribution in [0.15, 0.2) is 23.8 Å². The SMILES string of the molecule is C=C(CC[C@](C)(O)[C@H]1CC[C@H]2[C@@H]3C[C@H](O[C@@H]4O[C@H](C)[C@@H](O)[C@H](O[C@@H]5OC[C@@H](O)[C@H](O)[C@H]5O[C@@H]5O[C@H](C)[C@@H](O)[C@H](O)[C@H]5O)[C@H]4O)[C@H]4C[C@@H](OS(=O)(=O)O)CC[C@]4(C)C3=CC[C@@]21C)C(C)C.